The summed E-state index contributed by atoms with van der Waals surface area (Å²) in [6.07, 6.45) is 2.63. The number of nitrogens with two attached hydrogens (primary N) is 1. The minimum atomic E-state index is -0.228. The normalized spacial score (nSPS) is 12.2. The summed E-state index contributed by atoms with van der Waals surface area (Å²) in [5.74, 6) is 0.341. The van der Waals surface area contributed by atoms with E-state index in [1.165, 1.54) is 0 Å². The van der Waals surface area contributed by atoms with E-state index in [2.05, 4.69) is 29.2 Å². The number of hydrogen-bond acceptors (Lipinski definition) is 5. The molecule has 0 fully saturated rings. The van der Waals surface area contributed by atoms with Crippen LogP contribution in [-0.2, 0) is 0 Å². The fourth-order valence-corrected chi connectivity index (χ4v) is 2.84. The lowest BCUT2D eigenvalue weighted by molar-refractivity contribution is 0.102. The average Bonchev–Trinajstić information content (AvgIpc) is 3.04. The Labute approximate surface area is 152 Å². The second-order valence-corrected chi connectivity index (χ2v) is 6.31. The molecule has 0 saturated heterocycles. The number of pyridine rings is 1. The van der Waals surface area contributed by atoms with Gasteiger partial charge in [0.1, 0.15) is 5.75 Å². The third-order valence-electron chi connectivity index (χ3n) is 4.44. The van der Waals surface area contributed by atoms with E-state index < -0.39 is 0 Å². The maximum Gasteiger partial charge on any atom is 0.256 e. The number of aryl methyl sites for hydroxylation is 1. The molecule has 136 valence electrons. The van der Waals surface area contributed by atoms with Crippen molar-refractivity contribution < 1.29 is 9.53 Å². The number of amides is 1. The minimum absolute atomic E-state index is 0.207. The molecule has 0 saturated carbocycles. The number of ether oxygens (including phenoxy) is 1. The molecule has 7 nitrogen and oxygen atoms in total. The van der Waals surface area contributed by atoms with E-state index in [4.69, 9.17) is 10.5 Å². The van der Waals surface area contributed by atoms with Crippen LogP contribution in [0.5, 0.6) is 5.75 Å². The second kappa shape index (κ2) is 7.03. The van der Waals surface area contributed by atoms with E-state index in [9.17, 15) is 4.79 Å². The first-order valence-electron chi connectivity index (χ1n) is 8.54. The van der Waals surface area contributed by atoms with Crippen molar-refractivity contribution in [3.63, 3.8) is 0 Å². The van der Waals surface area contributed by atoms with Crippen LogP contribution in [0.25, 0.3) is 11.0 Å². The third kappa shape index (κ3) is 3.20. The van der Waals surface area contributed by atoms with Crippen molar-refractivity contribution in [2.75, 3.05) is 18.2 Å². The first-order valence-corrected chi connectivity index (χ1v) is 8.54. The molecule has 26 heavy (non-hydrogen) atoms. The lowest BCUT2D eigenvalue weighted by Gasteiger charge is -2.12. The number of nitrogens with zero attached hydrogens (tertiary/aromatic N) is 3. The first kappa shape index (κ1) is 17.7. The van der Waals surface area contributed by atoms with E-state index in [0.717, 1.165) is 23.1 Å². The van der Waals surface area contributed by atoms with Crippen LogP contribution in [0, 0.1) is 6.92 Å². The molecule has 0 aliphatic heterocycles. The molecule has 0 spiro atoms. The highest BCUT2D eigenvalue weighted by atomic mass is 16.5. The van der Waals surface area contributed by atoms with Gasteiger partial charge in [-0.25, -0.2) is 9.67 Å². The van der Waals surface area contributed by atoms with Gasteiger partial charge in [0, 0.05) is 11.4 Å². The number of rotatable bonds is 5. The number of carbonyl (C=O) groups excluding carboxylic acids is 1. The molecule has 7 heteroatoms. The Morgan fingerprint density at radius 3 is 2.81 bits per heavy atom. The molecule has 0 bridgehead atoms. The molecule has 0 radical (unpaired) electrons. The number of nitrogen functional groups attached to an aromatic ring is 1. The van der Waals surface area contributed by atoms with Crippen LogP contribution in [-0.4, -0.2) is 27.8 Å². The maximum atomic E-state index is 12.8. The number of fused-ring (bicyclic) bond motifs is 1. The SMILES string of the molecule is CCC(C)n1ncc2c(C(=O)Nc3ccc(OC)c(N)c3)cc(C)nc21. The average molecular weight is 353 g/mol. The number of carbonyl (C=O) groups is 1. The van der Waals surface area contributed by atoms with Gasteiger partial charge in [-0.1, -0.05) is 6.92 Å². The van der Waals surface area contributed by atoms with E-state index in [1.54, 1.807) is 37.6 Å². The highest BCUT2D eigenvalue weighted by molar-refractivity contribution is 6.12. The Morgan fingerprint density at radius 2 is 2.15 bits per heavy atom. The zero-order valence-electron chi connectivity index (χ0n) is 15.4. The zero-order valence-corrected chi connectivity index (χ0v) is 15.4. The second-order valence-electron chi connectivity index (χ2n) is 6.31. The summed E-state index contributed by atoms with van der Waals surface area (Å²) in [6, 6.07) is 7.12. The number of anilines is 2. The third-order valence-corrected chi connectivity index (χ3v) is 4.44. The molecule has 1 amide bonds. The van der Waals surface area contributed by atoms with Crippen molar-refractivity contribution in [1.29, 1.82) is 0 Å². The van der Waals surface area contributed by atoms with Gasteiger partial charge in [0.25, 0.3) is 5.91 Å². The Morgan fingerprint density at radius 1 is 1.38 bits per heavy atom. The van der Waals surface area contributed by atoms with Crippen LogP contribution < -0.4 is 15.8 Å². The largest absolute Gasteiger partial charge is 0.495 e. The van der Waals surface area contributed by atoms with E-state index in [0.29, 0.717) is 22.7 Å². The van der Waals surface area contributed by atoms with Gasteiger partial charge in [-0.3, -0.25) is 4.79 Å². The highest BCUT2D eigenvalue weighted by Gasteiger charge is 2.18. The maximum absolute atomic E-state index is 12.8. The van der Waals surface area contributed by atoms with Crippen molar-refractivity contribution in [3.8, 4) is 5.75 Å². The number of methoxy groups -OCH3 is 1. The molecule has 0 aliphatic rings. The Balaban J connectivity index is 1.98. The van der Waals surface area contributed by atoms with Crippen molar-refractivity contribution in [3.05, 3.63) is 41.7 Å². The summed E-state index contributed by atoms with van der Waals surface area (Å²) in [6.45, 7) is 6.04. The fraction of sp³-hybridized carbons (Fsp3) is 0.316. The molecular weight excluding hydrogens is 330 g/mol. The molecule has 3 aromatic rings. The predicted octanol–water partition coefficient (Wildman–Crippen LogP) is 3.55. The molecule has 1 atom stereocenters. The van der Waals surface area contributed by atoms with Gasteiger partial charge >= 0.3 is 0 Å². The van der Waals surface area contributed by atoms with Crippen LogP contribution in [0.2, 0.25) is 0 Å². The standard InChI is InChI=1S/C19H23N5O2/c1-5-12(3)24-18-15(10-21-24)14(8-11(2)22-18)19(25)23-13-6-7-17(26-4)16(20)9-13/h6-10,12H,5,20H2,1-4H3,(H,23,25). The Hall–Kier alpha value is -3.09. The fourth-order valence-electron chi connectivity index (χ4n) is 2.84. The topological polar surface area (TPSA) is 95.1 Å². The molecule has 0 aliphatic carbocycles. The number of hydrogen-bond donors (Lipinski definition) is 2. The minimum Gasteiger partial charge on any atom is -0.495 e. The van der Waals surface area contributed by atoms with Crippen LogP contribution in [0.4, 0.5) is 11.4 Å². The predicted molar refractivity (Wildman–Crippen MR) is 103 cm³/mol. The van der Waals surface area contributed by atoms with Gasteiger partial charge < -0.3 is 15.8 Å². The van der Waals surface area contributed by atoms with Gasteiger partial charge in [0.2, 0.25) is 0 Å². The summed E-state index contributed by atoms with van der Waals surface area (Å²) in [7, 11) is 1.55. The molecule has 3 N–H and O–H groups in total. The van der Waals surface area contributed by atoms with Crippen molar-refractivity contribution in [1.82, 2.24) is 14.8 Å². The molecule has 3 rings (SSSR count). The van der Waals surface area contributed by atoms with E-state index in [-0.39, 0.29) is 11.9 Å². The number of benzene rings is 1. The summed E-state index contributed by atoms with van der Waals surface area (Å²) in [5.41, 5.74) is 9.00. The zero-order chi connectivity index (χ0) is 18.8. The van der Waals surface area contributed by atoms with Gasteiger partial charge in [0.15, 0.2) is 5.65 Å². The van der Waals surface area contributed by atoms with Crippen molar-refractivity contribution >= 4 is 28.3 Å². The lowest BCUT2D eigenvalue weighted by Crippen LogP contribution is -2.14. The van der Waals surface area contributed by atoms with E-state index in [1.807, 2.05) is 11.6 Å². The first-order chi connectivity index (χ1) is 12.4. The van der Waals surface area contributed by atoms with Crippen LogP contribution in [0.1, 0.15) is 42.4 Å². The van der Waals surface area contributed by atoms with Crippen LogP contribution in [0.15, 0.2) is 30.5 Å². The molecule has 1 aromatic carbocycles. The van der Waals surface area contributed by atoms with Gasteiger partial charge in [0.05, 0.1) is 36.0 Å². The Kier molecular flexibility index (Phi) is 4.79. The van der Waals surface area contributed by atoms with Crippen molar-refractivity contribution in [2.45, 2.75) is 33.2 Å². The van der Waals surface area contributed by atoms with E-state index >= 15 is 0 Å². The number of nitrogens with one attached hydrogen (secondary N) is 1. The summed E-state index contributed by atoms with van der Waals surface area (Å²) < 4.78 is 7.01. The molecule has 2 aromatic heterocycles. The van der Waals surface area contributed by atoms with Gasteiger partial charge in [-0.2, -0.15) is 5.10 Å². The smallest absolute Gasteiger partial charge is 0.256 e. The highest BCUT2D eigenvalue weighted by Crippen LogP contribution is 2.26. The summed E-state index contributed by atoms with van der Waals surface area (Å²) in [4.78, 5) is 17.4. The monoisotopic (exact) mass is 353 g/mol. The number of aromatic nitrogens is 3. The van der Waals surface area contributed by atoms with Crippen molar-refractivity contribution in [2.24, 2.45) is 0 Å². The Bertz CT molecular complexity index is 964. The molecular formula is C19H23N5O2. The molecule has 1 unspecified atom stereocenters. The van der Waals surface area contributed by atoms with Gasteiger partial charge in [-0.15, -0.1) is 0 Å². The summed E-state index contributed by atoms with van der Waals surface area (Å²) in [5, 5.41) is 8.05. The lowest BCUT2D eigenvalue weighted by atomic mass is 10.1. The van der Waals surface area contributed by atoms with Crippen LogP contribution >= 0.6 is 0 Å². The summed E-state index contributed by atoms with van der Waals surface area (Å²) >= 11 is 0. The molecule has 2 heterocycles. The van der Waals surface area contributed by atoms with Crippen LogP contribution in [0.3, 0.4) is 0 Å². The van der Waals surface area contributed by atoms with Gasteiger partial charge in [-0.05, 0) is 44.5 Å². The quantitative estimate of drug-likeness (QED) is 0.684.